The number of rotatable bonds is 4. The predicted octanol–water partition coefficient (Wildman–Crippen LogP) is 1.91. The van der Waals surface area contributed by atoms with Crippen LogP contribution in [-0.2, 0) is 9.09 Å². The van der Waals surface area contributed by atoms with Crippen molar-refractivity contribution >= 4 is 8.69 Å². The summed E-state index contributed by atoms with van der Waals surface area (Å²) in [6.07, 6.45) is 0. The molecule has 0 amide bonds. The molecule has 1 rings (SSSR count). The van der Waals surface area contributed by atoms with E-state index >= 15 is 0 Å². The Morgan fingerprint density at radius 3 is 2.67 bits per heavy atom. The van der Waals surface area contributed by atoms with E-state index in [1.165, 1.54) is 0 Å². The lowest BCUT2D eigenvalue weighted by Gasteiger charge is -2.08. The van der Waals surface area contributed by atoms with Crippen LogP contribution in [0.5, 0.6) is 0 Å². The van der Waals surface area contributed by atoms with E-state index in [1.807, 2.05) is 30.3 Å². The van der Waals surface area contributed by atoms with Crippen molar-refractivity contribution in [3.63, 3.8) is 0 Å². The molecule has 0 saturated heterocycles. The maximum atomic E-state index is 9.96. The van der Waals surface area contributed by atoms with Gasteiger partial charge >= 0.3 is 8.69 Å². The van der Waals surface area contributed by atoms with Crippen molar-refractivity contribution in [3.8, 4) is 0 Å². The Balaban J connectivity index is 2.53. The van der Waals surface area contributed by atoms with E-state index in [0.29, 0.717) is 0 Å². The molecule has 0 saturated carbocycles. The molecule has 64 valence electrons. The Bertz CT molecular complexity index is 240. The molecule has 0 aromatic heterocycles. The molecule has 0 aliphatic heterocycles. The third-order valence-electron chi connectivity index (χ3n) is 1.53. The van der Waals surface area contributed by atoms with Gasteiger partial charge in [0.15, 0.2) is 0 Å². The minimum Gasteiger partial charge on any atom is -0.322 e. The topological polar surface area (TPSA) is 52.3 Å². The van der Waals surface area contributed by atoms with Crippen LogP contribution in [0.15, 0.2) is 30.3 Å². The second kappa shape index (κ2) is 4.99. The molecule has 0 aliphatic carbocycles. The van der Waals surface area contributed by atoms with Gasteiger partial charge in [0, 0.05) is 0 Å². The molecule has 1 unspecified atom stereocenters. The monoisotopic (exact) mass is 183 g/mol. The Kier molecular flexibility index (Phi) is 3.88. The van der Waals surface area contributed by atoms with Crippen LogP contribution in [0, 0.1) is 0 Å². The number of hydrogen-bond donors (Lipinski definition) is 1. The van der Waals surface area contributed by atoms with Crippen LogP contribution in [0.2, 0.25) is 0 Å². The average Bonchev–Trinajstić information content (AvgIpc) is 2.15. The summed E-state index contributed by atoms with van der Waals surface area (Å²) in [4.78, 5) is 0. The van der Waals surface area contributed by atoms with Crippen LogP contribution in [0.3, 0.4) is 0 Å². The van der Waals surface area contributed by atoms with Crippen molar-refractivity contribution in [2.75, 3.05) is 6.61 Å². The van der Waals surface area contributed by atoms with Crippen LogP contribution in [0.1, 0.15) is 11.6 Å². The minimum absolute atomic E-state index is 0.201. The van der Waals surface area contributed by atoms with Gasteiger partial charge in [0.05, 0.1) is 12.6 Å². The summed E-state index contributed by atoms with van der Waals surface area (Å²) >= 11 is 0. The number of nitrogens with two attached hydrogens (primary N) is 1. The maximum absolute atomic E-state index is 9.96. The molecule has 4 heteroatoms. The lowest BCUT2D eigenvalue weighted by Crippen LogP contribution is -2.14. The van der Waals surface area contributed by atoms with Gasteiger partial charge in [0.1, 0.15) is 0 Å². The van der Waals surface area contributed by atoms with Crippen LogP contribution in [0.4, 0.5) is 0 Å². The first-order chi connectivity index (χ1) is 5.84. The molecule has 0 bridgehead atoms. The molecule has 0 fully saturated rings. The van der Waals surface area contributed by atoms with E-state index in [2.05, 4.69) is 4.52 Å². The maximum Gasteiger partial charge on any atom is 0.327 e. The highest BCUT2D eigenvalue weighted by Gasteiger charge is 2.04. The van der Waals surface area contributed by atoms with E-state index in [0.717, 1.165) is 5.56 Å². The Labute approximate surface area is 72.8 Å². The van der Waals surface area contributed by atoms with Crippen molar-refractivity contribution < 1.29 is 9.09 Å². The van der Waals surface area contributed by atoms with Gasteiger partial charge < -0.3 is 5.73 Å². The Morgan fingerprint density at radius 2 is 2.08 bits per heavy atom. The molecule has 2 N–H and O–H groups in total. The fraction of sp³-hybridized carbons (Fsp3) is 0.250. The molecule has 1 aromatic carbocycles. The van der Waals surface area contributed by atoms with Crippen LogP contribution < -0.4 is 5.73 Å². The highest BCUT2D eigenvalue weighted by Crippen LogP contribution is 2.11. The molecule has 1 atom stereocenters. The number of hydrogen-bond acceptors (Lipinski definition) is 3. The van der Waals surface area contributed by atoms with Gasteiger partial charge in [-0.05, 0) is 5.56 Å². The quantitative estimate of drug-likeness (QED) is 0.725. The van der Waals surface area contributed by atoms with Gasteiger partial charge in [0.2, 0.25) is 0 Å². The molecular formula is C8H10NO2P. The summed E-state index contributed by atoms with van der Waals surface area (Å²) < 4.78 is 14.6. The minimum atomic E-state index is -0.320. The normalized spacial score (nSPS) is 13.1. The van der Waals surface area contributed by atoms with E-state index in [9.17, 15) is 4.57 Å². The van der Waals surface area contributed by atoms with Crippen LogP contribution in [-0.4, -0.2) is 6.61 Å². The molecule has 0 heterocycles. The third-order valence-corrected chi connectivity index (χ3v) is 1.79. The summed E-state index contributed by atoms with van der Waals surface area (Å²) in [6, 6.07) is 9.36. The molecule has 0 spiro atoms. The lowest BCUT2D eigenvalue weighted by atomic mass is 10.1. The summed E-state index contributed by atoms with van der Waals surface area (Å²) in [5.41, 5.74) is 6.70. The first kappa shape index (κ1) is 9.33. The smallest absolute Gasteiger partial charge is 0.322 e. The van der Waals surface area contributed by atoms with Gasteiger partial charge in [-0.25, -0.2) is 4.57 Å². The fourth-order valence-electron chi connectivity index (χ4n) is 0.907. The van der Waals surface area contributed by atoms with E-state index < -0.39 is 0 Å². The summed E-state index contributed by atoms with van der Waals surface area (Å²) in [5, 5.41) is 0. The SMILES string of the molecule is NC(COP=O)c1ccccc1. The van der Waals surface area contributed by atoms with Gasteiger partial charge in [0.25, 0.3) is 0 Å². The molecular weight excluding hydrogens is 173 g/mol. The summed E-state index contributed by atoms with van der Waals surface area (Å²) in [6.45, 7) is 0.273. The standard InChI is InChI=1S/C8H10NO2P/c9-8(6-11-12-10)7-4-2-1-3-5-7/h1-5,8H,6,9H2. The highest BCUT2D eigenvalue weighted by molar-refractivity contribution is 7.17. The predicted molar refractivity (Wildman–Crippen MR) is 46.9 cm³/mol. The van der Waals surface area contributed by atoms with Crippen molar-refractivity contribution in [2.45, 2.75) is 6.04 Å². The summed E-state index contributed by atoms with van der Waals surface area (Å²) in [5.74, 6) is 0. The van der Waals surface area contributed by atoms with Crippen molar-refractivity contribution in [1.82, 2.24) is 0 Å². The fourth-order valence-corrected chi connectivity index (χ4v) is 1.13. The second-order valence-corrected chi connectivity index (χ2v) is 2.79. The number of benzene rings is 1. The molecule has 0 radical (unpaired) electrons. The van der Waals surface area contributed by atoms with Crippen molar-refractivity contribution in [1.29, 1.82) is 0 Å². The van der Waals surface area contributed by atoms with E-state index in [4.69, 9.17) is 5.73 Å². The van der Waals surface area contributed by atoms with Crippen LogP contribution >= 0.6 is 8.69 Å². The first-order valence-electron chi connectivity index (χ1n) is 3.59. The van der Waals surface area contributed by atoms with E-state index in [1.54, 1.807) is 0 Å². The van der Waals surface area contributed by atoms with Gasteiger partial charge in [-0.15, -0.1) is 0 Å². The molecule has 12 heavy (non-hydrogen) atoms. The zero-order valence-electron chi connectivity index (χ0n) is 6.51. The van der Waals surface area contributed by atoms with Crippen LogP contribution in [0.25, 0.3) is 0 Å². The largest absolute Gasteiger partial charge is 0.327 e. The van der Waals surface area contributed by atoms with Gasteiger partial charge in [-0.1, -0.05) is 30.3 Å². The molecule has 3 nitrogen and oxygen atoms in total. The zero-order chi connectivity index (χ0) is 8.81. The van der Waals surface area contributed by atoms with Crippen molar-refractivity contribution in [3.05, 3.63) is 35.9 Å². The van der Waals surface area contributed by atoms with Gasteiger partial charge in [-0.2, -0.15) is 0 Å². The summed E-state index contributed by atoms with van der Waals surface area (Å²) in [7, 11) is -0.320. The first-order valence-corrected chi connectivity index (χ1v) is 4.33. The third kappa shape index (κ3) is 2.70. The van der Waals surface area contributed by atoms with Crippen molar-refractivity contribution in [2.24, 2.45) is 5.73 Å². The zero-order valence-corrected chi connectivity index (χ0v) is 7.41. The van der Waals surface area contributed by atoms with E-state index in [-0.39, 0.29) is 21.3 Å². The highest BCUT2D eigenvalue weighted by atomic mass is 31.1. The average molecular weight is 183 g/mol. The second-order valence-electron chi connectivity index (χ2n) is 2.39. The molecule has 1 aromatic rings. The molecule has 0 aliphatic rings. The van der Waals surface area contributed by atoms with Gasteiger partial charge in [-0.3, -0.25) is 4.52 Å². The Morgan fingerprint density at radius 1 is 1.42 bits per heavy atom. The Hall–Kier alpha value is -0.760. The lowest BCUT2D eigenvalue weighted by molar-refractivity contribution is 0.314.